The van der Waals surface area contributed by atoms with Crippen LogP contribution in [0.1, 0.15) is 48.4 Å². The number of nitrogens with one attached hydrogen (secondary N) is 8. The van der Waals surface area contributed by atoms with Gasteiger partial charge >= 0.3 is 0 Å². The third-order valence-corrected chi connectivity index (χ3v) is 16.3. The van der Waals surface area contributed by atoms with Gasteiger partial charge in [-0.1, -0.05) is 112 Å². The number of aromatic amines is 1. The Kier molecular flexibility index (Phi) is 22.5. The van der Waals surface area contributed by atoms with Crippen molar-refractivity contribution in [1.82, 2.24) is 47.2 Å². The van der Waals surface area contributed by atoms with E-state index in [1.54, 1.807) is 48.7 Å². The van der Waals surface area contributed by atoms with E-state index in [1.807, 2.05) is 60.7 Å². The third kappa shape index (κ3) is 17.7. The number of benzene rings is 4. The highest BCUT2D eigenvalue weighted by molar-refractivity contribution is 8.76. The van der Waals surface area contributed by atoms with Crippen molar-refractivity contribution in [3.63, 3.8) is 0 Å². The van der Waals surface area contributed by atoms with Gasteiger partial charge in [0.1, 0.15) is 42.3 Å². The Hall–Kier alpha value is -7.54. The molecule has 6 aromatic rings. The topological polar surface area (TPSA) is 348 Å². The van der Waals surface area contributed by atoms with Gasteiger partial charge in [0.05, 0.1) is 12.1 Å². The number of para-hydroxylation sites is 1. The first-order chi connectivity index (χ1) is 39.0. The Balaban J connectivity index is 1.24. The van der Waals surface area contributed by atoms with Crippen LogP contribution >= 0.6 is 33.2 Å². The second-order valence-corrected chi connectivity index (χ2v) is 22.8. The van der Waals surface area contributed by atoms with Crippen molar-refractivity contribution in [2.75, 3.05) is 18.1 Å². The maximum absolute atomic E-state index is 14.8. The SMILES string of the molecule is C[C@@H](O)[C@@H]1NC(=O)[C@H](CCCCN)NC(=O)[C@@H](Cc2c[nH]c3ccccc23)NC(=O)[C@H](Cc2cccnc2)NC(=O)[C@H](NC(=O)[C@@H](N)Cc2ccc(Cl)cc2)CSSC[C@@H](C(=O)N[C@@H](Cc2ccc3ccccc3c2)C(N)=O)NC1=O. The van der Waals surface area contributed by atoms with Crippen molar-refractivity contribution in [2.24, 2.45) is 17.2 Å². The number of hydrogen-bond acceptors (Lipinski definition) is 14. The number of carbonyl (C=O) groups is 8. The number of aromatic nitrogens is 2. The summed E-state index contributed by atoms with van der Waals surface area (Å²) >= 11 is 6.10. The molecule has 428 valence electrons. The zero-order chi connectivity index (χ0) is 58.0. The molecule has 24 heteroatoms. The smallest absolute Gasteiger partial charge is 0.245 e. The number of hydrogen-bond donors (Lipinski definition) is 12. The van der Waals surface area contributed by atoms with Gasteiger partial charge in [0.2, 0.25) is 47.3 Å². The van der Waals surface area contributed by atoms with Crippen molar-refractivity contribution < 1.29 is 43.5 Å². The van der Waals surface area contributed by atoms with Crippen LogP contribution in [0, 0.1) is 0 Å². The summed E-state index contributed by atoms with van der Waals surface area (Å²) in [6, 6.07) is 19.4. The van der Waals surface area contributed by atoms with Gasteiger partial charge in [-0.2, -0.15) is 0 Å². The number of primary amides is 1. The molecule has 3 heterocycles. The summed E-state index contributed by atoms with van der Waals surface area (Å²) in [7, 11) is 2.03. The fraction of sp³-hybridized carbons (Fsp3) is 0.351. The number of rotatable bonds is 18. The lowest BCUT2D eigenvalue weighted by Gasteiger charge is -2.29. The predicted molar refractivity (Wildman–Crippen MR) is 313 cm³/mol. The predicted octanol–water partition coefficient (Wildman–Crippen LogP) is 1.75. The number of H-pyrrole nitrogens is 1. The molecule has 7 rings (SSSR count). The van der Waals surface area contributed by atoms with Crippen molar-refractivity contribution in [2.45, 2.75) is 106 Å². The molecule has 21 nitrogen and oxygen atoms in total. The van der Waals surface area contributed by atoms with Crippen LogP contribution in [0.4, 0.5) is 0 Å². The summed E-state index contributed by atoms with van der Waals surface area (Å²) in [5, 5.41) is 33.2. The van der Waals surface area contributed by atoms with E-state index in [0.717, 1.165) is 43.3 Å². The number of amides is 8. The molecule has 8 amide bonds. The fourth-order valence-electron chi connectivity index (χ4n) is 9.13. The summed E-state index contributed by atoms with van der Waals surface area (Å²) in [5.41, 5.74) is 21.4. The average molecular weight is 1160 g/mol. The average Bonchev–Trinajstić information content (AvgIpc) is 3.91. The van der Waals surface area contributed by atoms with Gasteiger partial charge in [-0.25, -0.2) is 0 Å². The second kappa shape index (κ2) is 29.8. The second-order valence-electron chi connectivity index (χ2n) is 19.8. The molecule has 1 fully saturated rings. The number of unbranched alkanes of at least 4 members (excludes halogenated alkanes) is 1. The molecule has 0 bridgehead atoms. The minimum Gasteiger partial charge on any atom is -0.391 e. The Morgan fingerprint density at radius 2 is 1.40 bits per heavy atom. The molecule has 1 aliphatic heterocycles. The van der Waals surface area contributed by atoms with E-state index < -0.39 is 102 Å². The van der Waals surface area contributed by atoms with Crippen LogP contribution in [0.5, 0.6) is 0 Å². The van der Waals surface area contributed by atoms with E-state index >= 15 is 0 Å². The first-order valence-electron chi connectivity index (χ1n) is 26.4. The number of aliphatic hydroxyl groups excluding tert-OH is 1. The largest absolute Gasteiger partial charge is 0.391 e. The minimum absolute atomic E-state index is 0.0113. The van der Waals surface area contributed by atoms with Gasteiger partial charge in [0.25, 0.3) is 0 Å². The highest BCUT2D eigenvalue weighted by Crippen LogP contribution is 2.25. The number of nitrogens with zero attached hydrogens (tertiary/aromatic N) is 1. The Morgan fingerprint density at radius 1 is 0.728 bits per heavy atom. The van der Waals surface area contributed by atoms with E-state index in [1.165, 1.54) is 19.3 Å². The van der Waals surface area contributed by atoms with Gasteiger partial charge in [0, 0.05) is 65.3 Å². The Morgan fingerprint density at radius 3 is 2.11 bits per heavy atom. The van der Waals surface area contributed by atoms with E-state index in [0.29, 0.717) is 40.1 Å². The highest BCUT2D eigenvalue weighted by Gasteiger charge is 2.37. The first kappa shape index (κ1) is 61.1. The zero-order valence-corrected chi connectivity index (χ0v) is 46.8. The van der Waals surface area contributed by atoms with Crippen LogP contribution in [0.2, 0.25) is 5.02 Å². The molecule has 0 unspecified atom stereocenters. The number of halogens is 1. The number of fused-ring (bicyclic) bond motifs is 2. The highest BCUT2D eigenvalue weighted by atomic mass is 35.5. The summed E-state index contributed by atoms with van der Waals surface area (Å²) in [6.45, 7) is 1.51. The summed E-state index contributed by atoms with van der Waals surface area (Å²) in [6.07, 6.45) is 3.79. The van der Waals surface area contributed by atoms with Crippen LogP contribution < -0.4 is 54.4 Å². The first-order valence-corrected chi connectivity index (χ1v) is 29.3. The van der Waals surface area contributed by atoms with E-state index in [2.05, 4.69) is 47.2 Å². The minimum atomic E-state index is -1.70. The van der Waals surface area contributed by atoms with Crippen LogP contribution in [0.3, 0.4) is 0 Å². The lowest BCUT2D eigenvalue weighted by molar-refractivity contribution is -0.136. The third-order valence-electron chi connectivity index (χ3n) is 13.6. The molecule has 0 saturated carbocycles. The molecule has 1 saturated heterocycles. The van der Waals surface area contributed by atoms with Gasteiger partial charge in [-0.15, -0.1) is 0 Å². The molecule has 0 radical (unpaired) electrons. The quantitative estimate of drug-likeness (QED) is 0.0431. The zero-order valence-electron chi connectivity index (χ0n) is 44.4. The summed E-state index contributed by atoms with van der Waals surface area (Å²) in [4.78, 5) is 122. The van der Waals surface area contributed by atoms with E-state index in [4.69, 9.17) is 28.8 Å². The van der Waals surface area contributed by atoms with Crippen molar-refractivity contribution in [3.05, 3.63) is 149 Å². The van der Waals surface area contributed by atoms with E-state index in [9.17, 15) is 43.5 Å². The molecular formula is C57H67ClN12O9S2. The van der Waals surface area contributed by atoms with Crippen LogP contribution in [-0.4, -0.2) is 135 Å². The number of pyridine rings is 1. The molecule has 9 atom stereocenters. The van der Waals surface area contributed by atoms with Gasteiger partial charge in [-0.3, -0.25) is 43.3 Å². The summed E-state index contributed by atoms with van der Waals surface area (Å²) in [5.74, 6) is -7.18. The standard InChI is InChI=1S/C57H67ClN12O9S2/c1-32(71)49-57(79)69-48(55(77)65-44(50(61)72)25-34-15-18-36-10-2-3-11-37(36)23-34)31-81-80-30-47(68-51(73)41(60)24-33-16-19-39(58)20-17-33)56(78)66-45(26-35-9-8-22-62-28-35)53(75)67-46(27-38-29-63-42-13-5-4-12-40(38)42)54(76)64-43(52(74)70-49)14-6-7-21-59/h2-5,8-13,15-20,22-23,28-29,32,41,43-49,63,71H,6-7,14,21,24-27,30-31,59-60H2,1H3,(H2,61,72)(H,64,76)(H,65,77)(H,66,78)(H,67,75)(H,68,73)(H,69,79)(H,70,74)/t32-,41+,43+,44+,45+,46-,47-,48+,49+/m1/s1. The van der Waals surface area contributed by atoms with Crippen molar-refractivity contribution in [3.8, 4) is 0 Å². The molecule has 81 heavy (non-hydrogen) atoms. The molecular weight excluding hydrogens is 1100 g/mol. The maximum Gasteiger partial charge on any atom is 0.245 e. The normalized spacial score (nSPS) is 21.0. The molecule has 0 spiro atoms. The number of aliphatic hydroxyl groups is 1. The lowest BCUT2D eigenvalue weighted by Crippen LogP contribution is -2.62. The van der Waals surface area contributed by atoms with Crippen LogP contribution in [0.25, 0.3) is 21.7 Å². The monoisotopic (exact) mass is 1160 g/mol. The Bertz CT molecular complexity index is 3170. The molecule has 1 aliphatic rings. The molecule has 0 aliphatic carbocycles. The van der Waals surface area contributed by atoms with Crippen molar-refractivity contribution in [1.29, 1.82) is 0 Å². The van der Waals surface area contributed by atoms with Crippen molar-refractivity contribution >= 4 is 102 Å². The van der Waals surface area contributed by atoms with Crippen LogP contribution in [-0.2, 0) is 64.0 Å². The lowest BCUT2D eigenvalue weighted by atomic mass is 10.0. The van der Waals surface area contributed by atoms with E-state index in [-0.39, 0.29) is 50.2 Å². The Labute approximate surface area is 481 Å². The van der Waals surface area contributed by atoms with Gasteiger partial charge in [-0.05, 0) is 96.4 Å². The molecule has 15 N–H and O–H groups in total. The maximum atomic E-state index is 14.8. The number of carbonyl (C=O) groups excluding carboxylic acids is 8. The van der Waals surface area contributed by atoms with Gasteiger partial charge in [0.15, 0.2) is 0 Å². The number of nitrogens with two attached hydrogens (primary N) is 3. The van der Waals surface area contributed by atoms with Crippen LogP contribution in [0.15, 0.2) is 122 Å². The molecule has 2 aromatic heterocycles. The molecule has 4 aromatic carbocycles. The fourth-order valence-corrected chi connectivity index (χ4v) is 11.6. The summed E-state index contributed by atoms with van der Waals surface area (Å²) < 4.78 is 0. The van der Waals surface area contributed by atoms with Gasteiger partial charge < -0.3 is 64.5 Å².